The van der Waals surface area contributed by atoms with Crippen LogP contribution in [-0.4, -0.2) is 28.5 Å². The van der Waals surface area contributed by atoms with Crippen LogP contribution in [0.2, 0.25) is 0 Å². The van der Waals surface area contributed by atoms with Crippen molar-refractivity contribution in [1.29, 1.82) is 0 Å². The van der Waals surface area contributed by atoms with Gasteiger partial charge in [-0.1, -0.05) is 12.8 Å². The summed E-state index contributed by atoms with van der Waals surface area (Å²) in [5, 5.41) is 1.08. The van der Waals surface area contributed by atoms with Crippen molar-refractivity contribution in [3.63, 3.8) is 0 Å². The van der Waals surface area contributed by atoms with Gasteiger partial charge in [0.1, 0.15) is 5.82 Å². The van der Waals surface area contributed by atoms with Gasteiger partial charge >= 0.3 is 0 Å². The van der Waals surface area contributed by atoms with Crippen LogP contribution in [0.25, 0.3) is 0 Å². The first-order valence-electron chi connectivity index (χ1n) is 6.08. The van der Waals surface area contributed by atoms with Crippen molar-refractivity contribution < 1.29 is 0 Å². The fraction of sp³-hybridized carbons (Fsp3) is 0.818. The molecule has 1 fully saturated rings. The lowest BCUT2D eigenvalue weighted by Gasteiger charge is -2.27. The molecule has 2 rings (SSSR count). The molecular weight excluding hydrogens is 220 g/mol. The summed E-state index contributed by atoms with van der Waals surface area (Å²) in [6.45, 7) is 3.73. The van der Waals surface area contributed by atoms with Crippen LogP contribution in [0.5, 0.6) is 0 Å². The van der Waals surface area contributed by atoms with E-state index in [0.29, 0.717) is 6.04 Å². The average molecular weight is 240 g/mol. The molecule has 4 nitrogen and oxygen atoms in total. The Morgan fingerprint density at radius 1 is 1.44 bits per heavy atom. The summed E-state index contributed by atoms with van der Waals surface area (Å²) in [6.07, 6.45) is 6.32. The maximum absolute atomic E-state index is 5.60. The predicted molar refractivity (Wildman–Crippen MR) is 67.9 cm³/mol. The van der Waals surface area contributed by atoms with Crippen LogP contribution in [0.4, 0.5) is 5.13 Å². The van der Waals surface area contributed by atoms with Gasteiger partial charge in [0.05, 0.1) is 0 Å². The van der Waals surface area contributed by atoms with Crippen molar-refractivity contribution in [2.45, 2.75) is 45.1 Å². The first-order chi connectivity index (χ1) is 7.81. The molecule has 0 bridgehead atoms. The second-order valence-corrected chi connectivity index (χ2v) is 5.13. The van der Waals surface area contributed by atoms with Crippen molar-refractivity contribution in [2.75, 3.05) is 18.0 Å². The zero-order chi connectivity index (χ0) is 11.4. The third-order valence-electron chi connectivity index (χ3n) is 3.13. The van der Waals surface area contributed by atoms with Crippen LogP contribution < -0.4 is 10.6 Å². The van der Waals surface area contributed by atoms with E-state index < -0.39 is 0 Å². The lowest BCUT2D eigenvalue weighted by atomic mass is 10.2. The Labute approximate surface area is 101 Å². The summed E-state index contributed by atoms with van der Waals surface area (Å²) in [5.74, 6) is 0.885. The minimum Gasteiger partial charge on any atom is -0.344 e. The summed E-state index contributed by atoms with van der Waals surface area (Å²) in [6, 6.07) is 0.666. The van der Waals surface area contributed by atoms with Gasteiger partial charge in [0.2, 0.25) is 5.13 Å². The molecule has 90 valence electrons. The highest BCUT2D eigenvalue weighted by atomic mass is 32.1. The molecule has 1 aliphatic rings. The van der Waals surface area contributed by atoms with E-state index in [0.717, 1.165) is 30.5 Å². The molecule has 0 spiro atoms. The number of aryl methyl sites for hydroxylation is 1. The zero-order valence-electron chi connectivity index (χ0n) is 9.85. The van der Waals surface area contributed by atoms with Crippen molar-refractivity contribution in [2.24, 2.45) is 5.73 Å². The number of anilines is 1. The van der Waals surface area contributed by atoms with Gasteiger partial charge in [-0.2, -0.15) is 4.37 Å². The van der Waals surface area contributed by atoms with Gasteiger partial charge in [0.15, 0.2) is 0 Å². The molecule has 0 amide bonds. The fourth-order valence-electron chi connectivity index (χ4n) is 2.31. The SMILES string of the molecule is Cc1nsc(N(CCCN)C2CCCC2)n1. The summed E-state index contributed by atoms with van der Waals surface area (Å²) in [4.78, 5) is 6.92. The zero-order valence-corrected chi connectivity index (χ0v) is 10.7. The van der Waals surface area contributed by atoms with Crippen LogP contribution >= 0.6 is 11.5 Å². The van der Waals surface area contributed by atoms with E-state index in [2.05, 4.69) is 14.3 Å². The van der Waals surface area contributed by atoms with Gasteiger partial charge in [-0.05, 0) is 32.7 Å². The van der Waals surface area contributed by atoms with Crippen molar-refractivity contribution in [3.05, 3.63) is 5.82 Å². The predicted octanol–water partition coefficient (Wildman–Crippen LogP) is 1.94. The van der Waals surface area contributed by atoms with E-state index in [-0.39, 0.29) is 0 Å². The Morgan fingerprint density at radius 2 is 2.19 bits per heavy atom. The lowest BCUT2D eigenvalue weighted by Crippen LogP contribution is -2.35. The molecule has 1 aromatic heterocycles. The topological polar surface area (TPSA) is 55.0 Å². The highest BCUT2D eigenvalue weighted by molar-refractivity contribution is 7.09. The number of hydrogen-bond acceptors (Lipinski definition) is 5. The van der Waals surface area contributed by atoms with E-state index in [9.17, 15) is 0 Å². The fourth-order valence-corrected chi connectivity index (χ4v) is 3.09. The van der Waals surface area contributed by atoms with E-state index in [1.165, 1.54) is 37.2 Å². The molecule has 1 aromatic rings. The Bertz CT molecular complexity index is 320. The minimum atomic E-state index is 0.666. The number of aromatic nitrogens is 2. The average Bonchev–Trinajstić information content (AvgIpc) is 2.91. The van der Waals surface area contributed by atoms with Gasteiger partial charge < -0.3 is 10.6 Å². The molecule has 16 heavy (non-hydrogen) atoms. The van der Waals surface area contributed by atoms with E-state index in [1.54, 1.807) is 0 Å². The number of hydrogen-bond donors (Lipinski definition) is 1. The maximum atomic E-state index is 5.60. The normalized spacial score (nSPS) is 16.9. The summed E-state index contributed by atoms with van der Waals surface area (Å²) in [5.41, 5.74) is 5.60. The number of rotatable bonds is 5. The van der Waals surface area contributed by atoms with Gasteiger partial charge in [0, 0.05) is 24.1 Å². The van der Waals surface area contributed by atoms with Crippen molar-refractivity contribution in [1.82, 2.24) is 9.36 Å². The largest absolute Gasteiger partial charge is 0.344 e. The molecule has 1 aliphatic carbocycles. The first-order valence-corrected chi connectivity index (χ1v) is 6.85. The van der Waals surface area contributed by atoms with E-state index >= 15 is 0 Å². The molecule has 0 saturated heterocycles. The van der Waals surface area contributed by atoms with Crippen LogP contribution in [0.15, 0.2) is 0 Å². The minimum absolute atomic E-state index is 0.666. The summed E-state index contributed by atoms with van der Waals surface area (Å²) < 4.78 is 4.27. The second-order valence-electron chi connectivity index (χ2n) is 4.40. The Kier molecular flexibility index (Phi) is 4.12. The third kappa shape index (κ3) is 2.71. The molecular formula is C11H20N4S. The number of nitrogens with two attached hydrogens (primary N) is 1. The first kappa shape index (κ1) is 11.8. The molecule has 0 aromatic carbocycles. The smallest absolute Gasteiger partial charge is 0.205 e. The summed E-state index contributed by atoms with van der Waals surface area (Å²) in [7, 11) is 0. The molecule has 0 radical (unpaired) electrons. The van der Waals surface area contributed by atoms with Gasteiger partial charge in [-0.15, -0.1) is 0 Å². The molecule has 2 N–H and O–H groups in total. The maximum Gasteiger partial charge on any atom is 0.205 e. The second kappa shape index (κ2) is 5.59. The molecule has 5 heteroatoms. The highest BCUT2D eigenvalue weighted by Crippen LogP contribution is 2.29. The van der Waals surface area contributed by atoms with E-state index in [1.807, 2.05) is 6.92 Å². The van der Waals surface area contributed by atoms with Gasteiger partial charge in [0.25, 0.3) is 0 Å². The van der Waals surface area contributed by atoms with Crippen molar-refractivity contribution in [3.8, 4) is 0 Å². The van der Waals surface area contributed by atoms with Crippen LogP contribution in [0.3, 0.4) is 0 Å². The molecule has 0 unspecified atom stereocenters. The van der Waals surface area contributed by atoms with E-state index in [4.69, 9.17) is 5.73 Å². The monoisotopic (exact) mass is 240 g/mol. The van der Waals surface area contributed by atoms with Crippen LogP contribution in [-0.2, 0) is 0 Å². The van der Waals surface area contributed by atoms with Crippen LogP contribution in [0.1, 0.15) is 37.9 Å². The quantitative estimate of drug-likeness (QED) is 0.854. The Morgan fingerprint density at radius 3 is 2.75 bits per heavy atom. The summed E-state index contributed by atoms with van der Waals surface area (Å²) >= 11 is 1.52. The van der Waals surface area contributed by atoms with Crippen molar-refractivity contribution >= 4 is 16.7 Å². The molecule has 1 saturated carbocycles. The standard InChI is InChI=1S/C11H20N4S/c1-9-13-11(16-14-9)15(8-4-7-12)10-5-2-3-6-10/h10H,2-8,12H2,1H3. The molecule has 0 aliphatic heterocycles. The lowest BCUT2D eigenvalue weighted by molar-refractivity contribution is 0.591. The Hall–Kier alpha value is -0.680. The van der Waals surface area contributed by atoms with Gasteiger partial charge in [-0.3, -0.25) is 0 Å². The highest BCUT2D eigenvalue weighted by Gasteiger charge is 2.24. The van der Waals surface area contributed by atoms with Gasteiger partial charge in [-0.25, -0.2) is 4.98 Å². The molecule has 0 atom stereocenters. The third-order valence-corrected chi connectivity index (χ3v) is 3.98. The van der Waals surface area contributed by atoms with Crippen LogP contribution in [0, 0.1) is 6.92 Å². The number of nitrogens with zero attached hydrogens (tertiary/aromatic N) is 3. The Balaban J connectivity index is 2.06. The molecule has 1 heterocycles.